The van der Waals surface area contributed by atoms with E-state index < -0.39 is 0 Å². The van der Waals surface area contributed by atoms with E-state index in [-0.39, 0.29) is 18.1 Å². The summed E-state index contributed by atoms with van der Waals surface area (Å²) < 4.78 is 5.50. The largest absolute Gasteiger partial charge is 0.370 e. The van der Waals surface area contributed by atoms with Crippen LogP contribution in [0.15, 0.2) is 54.6 Å². The lowest BCUT2D eigenvalue weighted by atomic mass is 9.98. The second-order valence-electron chi connectivity index (χ2n) is 6.56. The summed E-state index contributed by atoms with van der Waals surface area (Å²) in [6.07, 6.45) is 0. The minimum atomic E-state index is -0.228. The summed E-state index contributed by atoms with van der Waals surface area (Å²) >= 11 is 5.98. The van der Waals surface area contributed by atoms with Crippen molar-refractivity contribution in [3.05, 3.63) is 65.2 Å². The van der Waals surface area contributed by atoms with E-state index in [1.165, 1.54) is 10.5 Å². The normalized spacial score (nSPS) is 17.3. The van der Waals surface area contributed by atoms with E-state index in [9.17, 15) is 4.79 Å². The molecule has 1 saturated heterocycles. The number of urea groups is 1. The molecule has 6 heteroatoms. The quantitative estimate of drug-likeness (QED) is 0.753. The summed E-state index contributed by atoms with van der Waals surface area (Å²) in [5.74, 6) is 0. The van der Waals surface area contributed by atoms with Crippen LogP contribution < -0.4 is 15.5 Å². The van der Waals surface area contributed by atoms with Gasteiger partial charge in [-0.25, -0.2) is 4.79 Å². The van der Waals surface area contributed by atoms with Crippen LogP contribution in [0.2, 0.25) is 5.02 Å². The molecular weight excluding hydrogens is 350 g/mol. The summed E-state index contributed by atoms with van der Waals surface area (Å²) in [5, 5.41) is 6.54. The highest BCUT2D eigenvalue weighted by Crippen LogP contribution is 2.16. The Bertz CT molecular complexity index is 720. The van der Waals surface area contributed by atoms with Gasteiger partial charge in [-0.15, -0.1) is 0 Å². The van der Waals surface area contributed by atoms with E-state index in [4.69, 9.17) is 16.3 Å². The lowest BCUT2D eigenvalue weighted by Gasteiger charge is -2.35. The molecule has 26 heavy (non-hydrogen) atoms. The number of amides is 2. The Morgan fingerprint density at radius 3 is 2.54 bits per heavy atom. The molecule has 0 spiro atoms. The molecule has 1 aliphatic heterocycles. The van der Waals surface area contributed by atoms with Gasteiger partial charge in [-0.05, 0) is 25.1 Å². The van der Waals surface area contributed by atoms with E-state index in [1.54, 1.807) is 12.1 Å². The third-order valence-electron chi connectivity index (χ3n) is 4.67. The topological polar surface area (TPSA) is 54.8 Å². The van der Waals surface area contributed by atoms with Crippen molar-refractivity contribution in [2.24, 2.45) is 0 Å². The molecule has 2 amide bonds. The molecule has 0 bridgehead atoms. The van der Waals surface area contributed by atoms with Crippen LogP contribution in [0.5, 0.6) is 0 Å². The molecule has 3 N–H and O–H groups in total. The summed E-state index contributed by atoms with van der Waals surface area (Å²) in [6.45, 7) is 5.42. The van der Waals surface area contributed by atoms with E-state index in [2.05, 4.69) is 29.7 Å². The van der Waals surface area contributed by atoms with Crippen molar-refractivity contribution in [2.75, 3.05) is 31.6 Å². The highest BCUT2D eigenvalue weighted by atomic mass is 35.5. The first-order valence-electron chi connectivity index (χ1n) is 8.94. The molecule has 138 valence electrons. The van der Waals surface area contributed by atoms with Gasteiger partial charge < -0.3 is 20.3 Å². The van der Waals surface area contributed by atoms with Gasteiger partial charge in [-0.1, -0.05) is 48.0 Å². The van der Waals surface area contributed by atoms with E-state index in [1.807, 2.05) is 30.3 Å². The fourth-order valence-electron chi connectivity index (χ4n) is 3.51. The van der Waals surface area contributed by atoms with Crippen molar-refractivity contribution < 1.29 is 14.4 Å². The molecular formula is C20H25ClN3O2+. The van der Waals surface area contributed by atoms with Crippen LogP contribution in [-0.4, -0.2) is 38.4 Å². The fourth-order valence-corrected chi connectivity index (χ4v) is 3.70. The Hall–Kier alpha value is -2.08. The first-order chi connectivity index (χ1) is 12.6. The Balaban J connectivity index is 1.70. The molecule has 5 nitrogen and oxygen atoms in total. The highest BCUT2D eigenvalue weighted by molar-refractivity contribution is 6.30. The lowest BCUT2D eigenvalue weighted by Crippen LogP contribution is -3.15. The average molecular weight is 375 g/mol. The number of rotatable bonds is 5. The van der Waals surface area contributed by atoms with Gasteiger partial charge in [0.25, 0.3) is 0 Å². The van der Waals surface area contributed by atoms with Gasteiger partial charge in [0, 0.05) is 16.3 Å². The zero-order valence-corrected chi connectivity index (χ0v) is 15.6. The standard InChI is InChI=1S/C20H24ClN3O2/c1-15(22-20(25)23-18-9-5-8-17(21)14-18)19(16-6-3-2-4-7-16)24-10-12-26-13-11-24/h2-9,14-15,19H,10-13H2,1H3,(H2,22,23,25)/p+1/t15-,19-/m0/s1. The number of halogens is 1. The zero-order chi connectivity index (χ0) is 18.4. The maximum Gasteiger partial charge on any atom is 0.319 e. The van der Waals surface area contributed by atoms with Crippen molar-refractivity contribution in [3.8, 4) is 0 Å². The lowest BCUT2D eigenvalue weighted by molar-refractivity contribution is -0.940. The number of anilines is 1. The van der Waals surface area contributed by atoms with Crippen LogP contribution in [0.1, 0.15) is 18.5 Å². The van der Waals surface area contributed by atoms with Crippen molar-refractivity contribution >= 4 is 23.3 Å². The number of hydrogen-bond donors (Lipinski definition) is 3. The third kappa shape index (κ3) is 4.97. The number of carbonyl (C=O) groups excluding carboxylic acids is 1. The smallest absolute Gasteiger partial charge is 0.319 e. The van der Waals surface area contributed by atoms with Crippen LogP contribution in [0, 0.1) is 0 Å². The minimum Gasteiger partial charge on any atom is -0.370 e. The van der Waals surface area contributed by atoms with E-state index >= 15 is 0 Å². The van der Waals surface area contributed by atoms with Crippen molar-refractivity contribution in [3.63, 3.8) is 0 Å². The molecule has 0 aliphatic carbocycles. The SMILES string of the molecule is C[C@H](NC(=O)Nc1cccc(Cl)c1)[C@@H](c1ccccc1)[NH+]1CCOCC1. The van der Waals surface area contributed by atoms with Crippen molar-refractivity contribution in [2.45, 2.75) is 19.0 Å². The molecule has 1 heterocycles. The number of hydrogen-bond acceptors (Lipinski definition) is 2. The molecule has 0 saturated carbocycles. The van der Waals surface area contributed by atoms with Gasteiger partial charge in [-0.3, -0.25) is 0 Å². The highest BCUT2D eigenvalue weighted by Gasteiger charge is 2.32. The summed E-state index contributed by atoms with van der Waals surface area (Å²) in [7, 11) is 0. The number of benzene rings is 2. The number of nitrogens with one attached hydrogen (secondary N) is 3. The van der Waals surface area contributed by atoms with Crippen LogP contribution in [0.4, 0.5) is 10.5 Å². The Labute approximate surface area is 159 Å². The molecule has 0 aromatic heterocycles. The van der Waals surface area contributed by atoms with Gasteiger partial charge in [0.2, 0.25) is 0 Å². The second kappa shape index (κ2) is 9.03. The number of quaternary nitrogens is 1. The molecule has 0 radical (unpaired) electrons. The zero-order valence-electron chi connectivity index (χ0n) is 14.9. The van der Waals surface area contributed by atoms with E-state index in [0.29, 0.717) is 10.7 Å². The number of carbonyl (C=O) groups is 1. The van der Waals surface area contributed by atoms with Crippen LogP contribution >= 0.6 is 11.6 Å². The first-order valence-corrected chi connectivity index (χ1v) is 9.31. The molecule has 0 unspecified atom stereocenters. The van der Waals surface area contributed by atoms with Gasteiger partial charge >= 0.3 is 6.03 Å². The summed E-state index contributed by atoms with van der Waals surface area (Å²) in [4.78, 5) is 13.9. The molecule has 1 aliphatic rings. The maximum atomic E-state index is 12.5. The van der Waals surface area contributed by atoms with Gasteiger partial charge in [-0.2, -0.15) is 0 Å². The summed E-state index contributed by atoms with van der Waals surface area (Å²) in [5.41, 5.74) is 1.90. The Morgan fingerprint density at radius 2 is 1.85 bits per heavy atom. The van der Waals surface area contributed by atoms with Crippen LogP contribution in [0.25, 0.3) is 0 Å². The Kier molecular flexibility index (Phi) is 6.50. The monoisotopic (exact) mass is 374 g/mol. The maximum absolute atomic E-state index is 12.5. The predicted octanol–water partition coefficient (Wildman–Crippen LogP) is 2.51. The number of ether oxygens (including phenoxy) is 1. The van der Waals surface area contributed by atoms with Gasteiger partial charge in [0.15, 0.2) is 0 Å². The molecule has 3 rings (SSSR count). The number of morpholine rings is 1. The first kappa shape index (κ1) is 18.7. The van der Waals surface area contributed by atoms with Crippen LogP contribution in [0.3, 0.4) is 0 Å². The summed E-state index contributed by atoms with van der Waals surface area (Å²) in [6, 6.07) is 17.4. The predicted molar refractivity (Wildman–Crippen MR) is 104 cm³/mol. The molecule has 2 atom stereocenters. The molecule has 2 aromatic carbocycles. The third-order valence-corrected chi connectivity index (χ3v) is 4.91. The van der Waals surface area contributed by atoms with Gasteiger partial charge in [0.05, 0.1) is 19.3 Å². The molecule has 2 aromatic rings. The average Bonchev–Trinajstić information content (AvgIpc) is 2.63. The second-order valence-corrected chi connectivity index (χ2v) is 6.99. The van der Waals surface area contributed by atoms with Crippen molar-refractivity contribution in [1.29, 1.82) is 0 Å². The van der Waals surface area contributed by atoms with Gasteiger partial charge in [0.1, 0.15) is 19.1 Å². The van der Waals surface area contributed by atoms with Crippen LogP contribution in [-0.2, 0) is 4.74 Å². The Morgan fingerprint density at radius 1 is 1.12 bits per heavy atom. The van der Waals surface area contributed by atoms with Crippen molar-refractivity contribution in [1.82, 2.24) is 5.32 Å². The van der Waals surface area contributed by atoms with E-state index in [0.717, 1.165) is 26.3 Å². The fraction of sp³-hybridized carbons (Fsp3) is 0.350. The molecule has 1 fully saturated rings. The minimum absolute atomic E-state index is 0.0373.